The van der Waals surface area contributed by atoms with E-state index in [-0.39, 0.29) is 5.56 Å². The van der Waals surface area contributed by atoms with Crippen molar-refractivity contribution in [2.45, 2.75) is 19.9 Å². The van der Waals surface area contributed by atoms with Gasteiger partial charge in [0.2, 0.25) is 5.91 Å². The number of rotatable bonds is 3. The first-order valence-electron chi connectivity index (χ1n) is 4.78. The average Bonchev–Trinajstić information content (AvgIpc) is 2.21. The van der Waals surface area contributed by atoms with Crippen molar-refractivity contribution in [3.63, 3.8) is 0 Å². The lowest BCUT2D eigenvalue weighted by Crippen LogP contribution is -2.42. The summed E-state index contributed by atoms with van der Waals surface area (Å²) >= 11 is 0. The van der Waals surface area contributed by atoms with Crippen LogP contribution >= 0.6 is 0 Å². The molecule has 86 valence electrons. The van der Waals surface area contributed by atoms with Crippen LogP contribution in [0, 0.1) is 12.7 Å². The maximum atomic E-state index is 13.5. The lowest BCUT2D eigenvalue weighted by molar-refractivity contribution is -0.119. The summed E-state index contributed by atoms with van der Waals surface area (Å²) in [6, 6.07) is 3.66. The van der Waals surface area contributed by atoms with E-state index in [2.05, 4.69) is 5.32 Å². The van der Waals surface area contributed by atoms with Gasteiger partial charge >= 0.3 is 0 Å². The van der Waals surface area contributed by atoms with Crippen LogP contribution in [0.15, 0.2) is 18.2 Å². The van der Waals surface area contributed by atoms with Gasteiger partial charge in [-0.2, -0.15) is 0 Å². The van der Waals surface area contributed by atoms with Crippen LogP contribution in [0.25, 0.3) is 0 Å². The van der Waals surface area contributed by atoms with Crippen molar-refractivity contribution < 1.29 is 14.0 Å². The third-order valence-corrected chi connectivity index (χ3v) is 2.21. The first-order chi connectivity index (χ1) is 7.43. The lowest BCUT2D eigenvalue weighted by atomic mass is 10.1. The third kappa shape index (κ3) is 2.56. The molecule has 1 aromatic rings. The van der Waals surface area contributed by atoms with Crippen molar-refractivity contribution >= 4 is 11.8 Å². The number of nitrogens with two attached hydrogens (primary N) is 1. The van der Waals surface area contributed by atoms with E-state index in [4.69, 9.17) is 5.73 Å². The predicted octanol–water partition coefficient (Wildman–Crippen LogP) is 0.738. The highest BCUT2D eigenvalue weighted by Gasteiger charge is 2.17. The molecule has 0 aliphatic rings. The Hall–Kier alpha value is -1.91. The molecule has 0 aromatic heterocycles. The van der Waals surface area contributed by atoms with Gasteiger partial charge in [-0.15, -0.1) is 0 Å². The summed E-state index contributed by atoms with van der Waals surface area (Å²) in [6.07, 6.45) is 0. The highest BCUT2D eigenvalue weighted by molar-refractivity contribution is 5.97. The minimum absolute atomic E-state index is 0.0897. The summed E-state index contributed by atoms with van der Waals surface area (Å²) in [5.74, 6) is -1.90. The molecule has 2 amide bonds. The topological polar surface area (TPSA) is 72.2 Å². The van der Waals surface area contributed by atoms with Gasteiger partial charge in [0.05, 0.1) is 5.56 Å². The number of nitrogens with one attached hydrogen (secondary N) is 1. The van der Waals surface area contributed by atoms with Gasteiger partial charge in [-0.05, 0) is 25.5 Å². The molecule has 5 heteroatoms. The third-order valence-electron chi connectivity index (χ3n) is 2.21. The van der Waals surface area contributed by atoms with Crippen molar-refractivity contribution in [1.29, 1.82) is 0 Å². The van der Waals surface area contributed by atoms with Crippen molar-refractivity contribution in [2.24, 2.45) is 5.73 Å². The van der Waals surface area contributed by atoms with Gasteiger partial charge in [-0.1, -0.05) is 12.1 Å². The first-order valence-corrected chi connectivity index (χ1v) is 4.78. The summed E-state index contributed by atoms with van der Waals surface area (Å²) < 4.78 is 13.5. The molecule has 1 aromatic carbocycles. The highest BCUT2D eigenvalue weighted by Crippen LogP contribution is 2.11. The van der Waals surface area contributed by atoms with Crippen LogP contribution in [0.2, 0.25) is 0 Å². The van der Waals surface area contributed by atoms with Gasteiger partial charge in [-0.3, -0.25) is 9.59 Å². The number of amides is 2. The molecule has 1 unspecified atom stereocenters. The van der Waals surface area contributed by atoms with Crippen LogP contribution < -0.4 is 11.1 Å². The Kier molecular flexibility index (Phi) is 3.60. The summed E-state index contributed by atoms with van der Waals surface area (Å²) in [5.41, 5.74) is 5.27. The number of primary amides is 1. The SMILES string of the molecule is Cc1cccc(C(=O)NC(C)C(N)=O)c1F. The van der Waals surface area contributed by atoms with Gasteiger partial charge in [0.25, 0.3) is 5.91 Å². The summed E-state index contributed by atoms with van der Waals surface area (Å²) in [7, 11) is 0. The van der Waals surface area contributed by atoms with E-state index in [0.717, 1.165) is 0 Å². The molecule has 4 nitrogen and oxygen atoms in total. The summed E-state index contributed by atoms with van der Waals surface area (Å²) in [4.78, 5) is 22.3. The molecule has 0 saturated carbocycles. The zero-order valence-corrected chi connectivity index (χ0v) is 9.08. The molecule has 0 aliphatic carbocycles. The Morgan fingerprint density at radius 1 is 1.44 bits per heavy atom. The lowest BCUT2D eigenvalue weighted by Gasteiger charge is -2.11. The summed E-state index contributed by atoms with van der Waals surface area (Å²) in [6.45, 7) is 3.00. The Balaban J connectivity index is 2.89. The molecule has 0 bridgehead atoms. The van der Waals surface area contributed by atoms with Gasteiger partial charge in [0, 0.05) is 0 Å². The molecular weight excluding hydrogens is 211 g/mol. The average molecular weight is 224 g/mol. The second-order valence-electron chi connectivity index (χ2n) is 3.53. The second-order valence-corrected chi connectivity index (χ2v) is 3.53. The molecule has 0 saturated heterocycles. The van der Waals surface area contributed by atoms with Crippen LogP contribution in [0.3, 0.4) is 0 Å². The van der Waals surface area contributed by atoms with Crippen LogP contribution in [0.1, 0.15) is 22.8 Å². The van der Waals surface area contributed by atoms with E-state index in [1.807, 2.05) is 0 Å². The van der Waals surface area contributed by atoms with Crippen molar-refractivity contribution in [2.75, 3.05) is 0 Å². The van der Waals surface area contributed by atoms with Gasteiger partial charge < -0.3 is 11.1 Å². The number of carbonyl (C=O) groups is 2. The van der Waals surface area contributed by atoms with E-state index in [0.29, 0.717) is 5.56 Å². The number of hydrogen-bond donors (Lipinski definition) is 2. The van der Waals surface area contributed by atoms with E-state index in [1.54, 1.807) is 19.1 Å². The van der Waals surface area contributed by atoms with Crippen molar-refractivity contribution in [3.8, 4) is 0 Å². The number of carbonyl (C=O) groups excluding carboxylic acids is 2. The molecule has 16 heavy (non-hydrogen) atoms. The normalized spacial score (nSPS) is 11.9. The molecule has 0 spiro atoms. The van der Waals surface area contributed by atoms with Gasteiger partial charge in [0.15, 0.2) is 0 Å². The predicted molar refractivity (Wildman–Crippen MR) is 57.3 cm³/mol. The number of aryl methyl sites for hydroxylation is 1. The Labute approximate surface area is 92.6 Å². The minimum Gasteiger partial charge on any atom is -0.368 e. The fourth-order valence-electron chi connectivity index (χ4n) is 1.17. The Bertz CT molecular complexity index is 432. The van der Waals surface area contributed by atoms with Crippen LogP contribution in [-0.4, -0.2) is 17.9 Å². The monoisotopic (exact) mass is 224 g/mol. The first kappa shape index (κ1) is 12.2. The zero-order chi connectivity index (χ0) is 12.3. The van der Waals surface area contributed by atoms with Gasteiger partial charge in [-0.25, -0.2) is 4.39 Å². The number of benzene rings is 1. The molecule has 0 heterocycles. The molecule has 1 rings (SSSR count). The standard InChI is InChI=1S/C11H13FN2O2/c1-6-4-3-5-8(9(6)12)11(16)14-7(2)10(13)15/h3-5,7H,1-2H3,(H2,13,15)(H,14,16). The van der Waals surface area contributed by atoms with Gasteiger partial charge in [0.1, 0.15) is 11.9 Å². The largest absolute Gasteiger partial charge is 0.368 e. The molecule has 3 N–H and O–H groups in total. The van der Waals surface area contributed by atoms with Crippen molar-refractivity contribution in [1.82, 2.24) is 5.32 Å². The fourth-order valence-corrected chi connectivity index (χ4v) is 1.17. The molecule has 0 fully saturated rings. The zero-order valence-electron chi connectivity index (χ0n) is 9.08. The second kappa shape index (κ2) is 4.74. The quantitative estimate of drug-likeness (QED) is 0.794. The van der Waals surface area contributed by atoms with Crippen molar-refractivity contribution in [3.05, 3.63) is 35.1 Å². The molecule has 0 radical (unpaired) electrons. The Morgan fingerprint density at radius 3 is 2.62 bits per heavy atom. The maximum Gasteiger partial charge on any atom is 0.254 e. The molecular formula is C11H13FN2O2. The minimum atomic E-state index is -0.826. The van der Waals surface area contributed by atoms with E-state index >= 15 is 0 Å². The van der Waals surface area contributed by atoms with E-state index < -0.39 is 23.7 Å². The smallest absolute Gasteiger partial charge is 0.254 e. The summed E-state index contributed by atoms with van der Waals surface area (Å²) in [5, 5.41) is 2.31. The van der Waals surface area contributed by atoms with Crippen LogP contribution in [0.5, 0.6) is 0 Å². The van der Waals surface area contributed by atoms with E-state index in [1.165, 1.54) is 13.0 Å². The van der Waals surface area contributed by atoms with Crippen LogP contribution in [0.4, 0.5) is 4.39 Å². The Morgan fingerprint density at radius 2 is 2.06 bits per heavy atom. The van der Waals surface area contributed by atoms with E-state index in [9.17, 15) is 14.0 Å². The highest BCUT2D eigenvalue weighted by atomic mass is 19.1. The van der Waals surface area contributed by atoms with Crippen LogP contribution in [-0.2, 0) is 4.79 Å². The number of halogens is 1. The molecule has 1 atom stereocenters. The number of hydrogen-bond acceptors (Lipinski definition) is 2. The molecule has 0 aliphatic heterocycles. The maximum absolute atomic E-state index is 13.5. The fraction of sp³-hybridized carbons (Fsp3) is 0.273.